The largest absolute Gasteiger partial charge is 0.123 e. The normalized spacial score (nSPS) is 14.2. The lowest BCUT2D eigenvalue weighted by molar-refractivity contribution is 0.668. The van der Waals surface area contributed by atoms with Gasteiger partial charge in [-0.05, 0) is 24.5 Å². The van der Waals surface area contributed by atoms with Crippen LogP contribution >= 0.6 is 11.6 Å². The molecule has 0 radical (unpaired) electrons. The van der Waals surface area contributed by atoms with E-state index in [1.54, 1.807) is 0 Å². The second-order valence-electron chi connectivity index (χ2n) is 4.38. The second-order valence-corrected chi connectivity index (χ2v) is 5.07. The van der Waals surface area contributed by atoms with Crippen LogP contribution in [0.1, 0.15) is 24.0 Å². The Bertz CT molecular complexity index is 434. The van der Waals surface area contributed by atoms with E-state index in [0.717, 1.165) is 6.42 Å². The minimum atomic E-state index is 0.137. The Kier molecular flexibility index (Phi) is 4.22. The Hall–Kier alpha value is -1.27. The van der Waals surface area contributed by atoms with E-state index in [9.17, 15) is 0 Å². The first kappa shape index (κ1) is 12.2. The molecular formula is C16H17Cl. The van der Waals surface area contributed by atoms with Crippen molar-refractivity contribution in [3.63, 3.8) is 0 Å². The van der Waals surface area contributed by atoms with Crippen molar-refractivity contribution in [2.75, 3.05) is 0 Å². The topological polar surface area (TPSA) is 0 Å². The quantitative estimate of drug-likeness (QED) is 0.688. The summed E-state index contributed by atoms with van der Waals surface area (Å²) in [6.45, 7) is 2.07. The molecule has 0 aliphatic rings. The molecule has 0 aliphatic heterocycles. The van der Waals surface area contributed by atoms with Crippen molar-refractivity contribution < 1.29 is 0 Å². The van der Waals surface area contributed by atoms with E-state index in [0.29, 0.717) is 5.92 Å². The van der Waals surface area contributed by atoms with Gasteiger partial charge < -0.3 is 0 Å². The molecule has 0 aromatic heterocycles. The molecule has 17 heavy (non-hydrogen) atoms. The summed E-state index contributed by atoms with van der Waals surface area (Å²) in [6.07, 6.45) is 0.996. The summed E-state index contributed by atoms with van der Waals surface area (Å²) in [5.41, 5.74) is 2.66. The molecule has 0 saturated heterocycles. The maximum absolute atomic E-state index is 6.33. The van der Waals surface area contributed by atoms with Gasteiger partial charge in [-0.15, -0.1) is 11.6 Å². The summed E-state index contributed by atoms with van der Waals surface area (Å²) in [5.74, 6) is 0.375. The molecule has 2 aromatic rings. The molecule has 0 nitrogen and oxygen atoms in total. The van der Waals surface area contributed by atoms with E-state index in [4.69, 9.17) is 11.6 Å². The van der Waals surface area contributed by atoms with Crippen LogP contribution in [0.5, 0.6) is 0 Å². The Morgan fingerprint density at radius 2 is 1.41 bits per heavy atom. The van der Waals surface area contributed by atoms with Crippen molar-refractivity contribution >= 4 is 11.6 Å². The molecule has 2 rings (SSSR count). The lowest BCUT2D eigenvalue weighted by Gasteiger charge is -2.20. The molecule has 1 heteroatoms. The number of alkyl halides is 1. The summed E-state index contributed by atoms with van der Waals surface area (Å²) < 4.78 is 0. The fourth-order valence-electron chi connectivity index (χ4n) is 2.11. The van der Waals surface area contributed by atoms with Crippen LogP contribution in [-0.4, -0.2) is 5.38 Å². The van der Waals surface area contributed by atoms with Gasteiger partial charge in [-0.1, -0.05) is 60.7 Å². The number of hydrogen-bond donors (Lipinski definition) is 0. The monoisotopic (exact) mass is 244 g/mol. The number of benzene rings is 2. The van der Waals surface area contributed by atoms with E-state index in [1.807, 2.05) is 12.1 Å². The summed E-state index contributed by atoms with van der Waals surface area (Å²) in [6, 6.07) is 21.0. The lowest BCUT2D eigenvalue weighted by Crippen LogP contribution is -2.12. The predicted molar refractivity (Wildman–Crippen MR) is 74.6 cm³/mol. The van der Waals surface area contributed by atoms with Gasteiger partial charge in [-0.2, -0.15) is 0 Å². The molecule has 2 unspecified atom stereocenters. The van der Waals surface area contributed by atoms with E-state index in [-0.39, 0.29) is 5.38 Å². The highest BCUT2D eigenvalue weighted by Gasteiger charge is 2.17. The highest BCUT2D eigenvalue weighted by molar-refractivity contribution is 6.20. The van der Waals surface area contributed by atoms with Gasteiger partial charge in [-0.25, -0.2) is 0 Å². The van der Waals surface area contributed by atoms with Gasteiger partial charge in [0.15, 0.2) is 0 Å². The fraction of sp³-hybridized carbons (Fsp3) is 0.250. The number of hydrogen-bond acceptors (Lipinski definition) is 0. The van der Waals surface area contributed by atoms with Crippen LogP contribution in [0.2, 0.25) is 0 Å². The van der Waals surface area contributed by atoms with Gasteiger partial charge in [0.05, 0.1) is 0 Å². The van der Waals surface area contributed by atoms with E-state index in [2.05, 4.69) is 55.5 Å². The average Bonchev–Trinajstić information content (AvgIpc) is 2.38. The van der Waals surface area contributed by atoms with E-state index >= 15 is 0 Å². The number of rotatable bonds is 4. The molecule has 2 atom stereocenters. The van der Waals surface area contributed by atoms with Crippen LogP contribution in [0.3, 0.4) is 0 Å². The first-order valence-corrected chi connectivity index (χ1v) is 6.44. The predicted octanol–water partition coefficient (Wildman–Crippen LogP) is 4.64. The molecule has 0 fully saturated rings. The molecule has 0 N–H and O–H groups in total. The Morgan fingerprint density at radius 1 is 0.882 bits per heavy atom. The SMILES string of the molecule is CC(Cl)C(Cc1ccccc1)c1ccccc1. The molecule has 2 aromatic carbocycles. The Balaban J connectivity index is 2.20. The van der Waals surface area contributed by atoms with Gasteiger partial charge in [0.1, 0.15) is 0 Å². The smallest absolute Gasteiger partial charge is 0.0379 e. The number of halogens is 1. The van der Waals surface area contributed by atoms with Crippen molar-refractivity contribution in [2.45, 2.75) is 24.6 Å². The van der Waals surface area contributed by atoms with Crippen LogP contribution in [0.15, 0.2) is 60.7 Å². The van der Waals surface area contributed by atoms with Gasteiger partial charge in [0.25, 0.3) is 0 Å². The van der Waals surface area contributed by atoms with Crippen molar-refractivity contribution in [1.29, 1.82) is 0 Å². The highest BCUT2D eigenvalue weighted by Crippen LogP contribution is 2.27. The second kappa shape index (κ2) is 5.88. The molecule has 0 heterocycles. The van der Waals surface area contributed by atoms with Crippen LogP contribution < -0.4 is 0 Å². The van der Waals surface area contributed by atoms with Crippen molar-refractivity contribution in [2.24, 2.45) is 0 Å². The minimum absolute atomic E-state index is 0.137. The zero-order valence-corrected chi connectivity index (χ0v) is 10.8. The first-order chi connectivity index (χ1) is 8.27. The van der Waals surface area contributed by atoms with Crippen molar-refractivity contribution in [3.05, 3.63) is 71.8 Å². The summed E-state index contributed by atoms with van der Waals surface area (Å²) in [7, 11) is 0. The Morgan fingerprint density at radius 3 is 1.94 bits per heavy atom. The van der Waals surface area contributed by atoms with Crippen molar-refractivity contribution in [3.8, 4) is 0 Å². The summed E-state index contributed by atoms with van der Waals surface area (Å²) in [5, 5.41) is 0.137. The molecule has 0 bridgehead atoms. The van der Waals surface area contributed by atoms with Crippen LogP contribution in [0, 0.1) is 0 Å². The minimum Gasteiger partial charge on any atom is -0.123 e. The molecule has 0 amide bonds. The summed E-state index contributed by atoms with van der Waals surface area (Å²) in [4.78, 5) is 0. The third kappa shape index (κ3) is 3.34. The molecule has 0 spiro atoms. The van der Waals surface area contributed by atoms with Crippen LogP contribution in [0.4, 0.5) is 0 Å². The van der Waals surface area contributed by atoms with Crippen LogP contribution in [-0.2, 0) is 6.42 Å². The molecular weight excluding hydrogens is 228 g/mol. The zero-order chi connectivity index (χ0) is 12.1. The molecule has 0 aliphatic carbocycles. The average molecular weight is 245 g/mol. The van der Waals surface area contributed by atoms with E-state index in [1.165, 1.54) is 11.1 Å². The van der Waals surface area contributed by atoms with E-state index < -0.39 is 0 Å². The molecule has 88 valence electrons. The van der Waals surface area contributed by atoms with Crippen LogP contribution in [0.25, 0.3) is 0 Å². The standard InChI is InChI=1S/C16H17Cl/c1-13(17)16(15-10-6-3-7-11-15)12-14-8-4-2-5-9-14/h2-11,13,16H,12H2,1H3. The van der Waals surface area contributed by atoms with Gasteiger partial charge >= 0.3 is 0 Å². The van der Waals surface area contributed by atoms with Gasteiger partial charge in [0.2, 0.25) is 0 Å². The fourth-order valence-corrected chi connectivity index (χ4v) is 2.35. The van der Waals surface area contributed by atoms with Gasteiger partial charge in [0, 0.05) is 11.3 Å². The third-order valence-corrected chi connectivity index (χ3v) is 3.38. The first-order valence-electron chi connectivity index (χ1n) is 6.00. The maximum Gasteiger partial charge on any atom is 0.0379 e. The van der Waals surface area contributed by atoms with Crippen molar-refractivity contribution in [1.82, 2.24) is 0 Å². The van der Waals surface area contributed by atoms with Gasteiger partial charge in [-0.3, -0.25) is 0 Å². The maximum atomic E-state index is 6.33. The Labute approximate surface area is 108 Å². The zero-order valence-electron chi connectivity index (χ0n) is 10.0. The third-order valence-electron chi connectivity index (χ3n) is 3.08. The summed E-state index contributed by atoms with van der Waals surface area (Å²) >= 11 is 6.33. The molecule has 0 saturated carbocycles. The highest BCUT2D eigenvalue weighted by atomic mass is 35.5. The lowest BCUT2D eigenvalue weighted by atomic mass is 9.90.